The third-order valence-electron chi connectivity index (χ3n) is 3.13. The first-order chi connectivity index (χ1) is 10.0. The van der Waals surface area contributed by atoms with Gasteiger partial charge in [0, 0.05) is 23.5 Å². The Kier molecular flexibility index (Phi) is 3.35. The summed E-state index contributed by atoms with van der Waals surface area (Å²) in [7, 11) is 1.77. The van der Waals surface area contributed by atoms with Gasteiger partial charge in [0.05, 0.1) is 11.2 Å². The van der Waals surface area contributed by atoms with Crippen LogP contribution in [0.25, 0.3) is 10.9 Å². The van der Waals surface area contributed by atoms with Gasteiger partial charge in [0.1, 0.15) is 11.5 Å². The van der Waals surface area contributed by atoms with Gasteiger partial charge in [-0.2, -0.15) is 5.10 Å². The molecule has 2 aromatic heterocycles. The second kappa shape index (κ2) is 5.18. The van der Waals surface area contributed by atoms with Crippen LogP contribution in [-0.4, -0.2) is 20.7 Å². The Labute approximate surface area is 126 Å². The molecule has 106 valence electrons. The van der Waals surface area contributed by atoms with Crippen LogP contribution >= 0.6 is 11.6 Å². The molecular weight excluding hydrogens is 288 g/mol. The highest BCUT2D eigenvalue weighted by molar-refractivity contribution is 6.31. The molecule has 1 N–H and O–H groups in total. The van der Waals surface area contributed by atoms with Crippen molar-refractivity contribution in [2.75, 3.05) is 5.32 Å². The summed E-state index contributed by atoms with van der Waals surface area (Å²) in [6, 6.07) is 10.7. The van der Waals surface area contributed by atoms with Gasteiger partial charge in [-0.25, -0.2) is 4.98 Å². The average molecular weight is 301 g/mol. The van der Waals surface area contributed by atoms with E-state index in [1.165, 1.54) is 0 Å². The fourth-order valence-corrected chi connectivity index (χ4v) is 2.29. The van der Waals surface area contributed by atoms with Crippen LogP contribution in [0, 0.1) is 6.92 Å². The minimum Gasteiger partial charge on any atom is -0.305 e. The molecule has 3 aromatic rings. The first-order valence-electron chi connectivity index (χ1n) is 6.41. The van der Waals surface area contributed by atoms with E-state index in [9.17, 15) is 4.79 Å². The normalized spacial score (nSPS) is 10.8. The number of benzene rings is 1. The molecule has 0 saturated heterocycles. The van der Waals surface area contributed by atoms with Crippen LogP contribution in [-0.2, 0) is 7.05 Å². The molecule has 0 unspecified atom stereocenters. The predicted octanol–water partition coefficient (Wildman–Crippen LogP) is 3.18. The summed E-state index contributed by atoms with van der Waals surface area (Å²) in [5.74, 6) is 0.352. The highest BCUT2D eigenvalue weighted by Gasteiger charge is 2.11. The summed E-state index contributed by atoms with van der Waals surface area (Å²) in [5.41, 5.74) is 1.87. The number of fused-ring (bicyclic) bond motifs is 1. The number of nitrogens with one attached hydrogen (secondary N) is 1. The van der Waals surface area contributed by atoms with Crippen molar-refractivity contribution >= 4 is 34.2 Å². The number of nitrogens with zero attached hydrogens (tertiary/aromatic N) is 3. The maximum Gasteiger partial charge on any atom is 0.275 e. The highest BCUT2D eigenvalue weighted by Crippen LogP contribution is 2.18. The Bertz CT molecular complexity index is 841. The van der Waals surface area contributed by atoms with Crippen LogP contribution in [0.5, 0.6) is 0 Å². The molecule has 0 spiro atoms. The van der Waals surface area contributed by atoms with Crippen molar-refractivity contribution in [1.82, 2.24) is 14.8 Å². The highest BCUT2D eigenvalue weighted by atomic mass is 35.5. The zero-order chi connectivity index (χ0) is 15.0. The van der Waals surface area contributed by atoms with Gasteiger partial charge >= 0.3 is 0 Å². The van der Waals surface area contributed by atoms with Crippen molar-refractivity contribution in [2.24, 2.45) is 7.05 Å². The Morgan fingerprint density at radius 3 is 2.71 bits per heavy atom. The SMILES string of the molecule is Cc1cc(NC(=O)c2ccc3ccc(Cl)cc3n2)n(C)n1. The summed E-state index contributed by atoms with van der Waals surface area (Å²) in [6.07, 6.45) is 0. The second-order valence-electron chi connectivity index (χ2n) is 4.78. The van der Waals surface area contributed by atoms with E-state index in [0.717, 1.165) is 11.1 Å². The summed E-state index contributed by atoms with van der Waals surface area (Å²) in [5, 5.41) is 8.51. The Balaban J connectivity index is 1.92. The maximum atomic E-state index is 12.3. The number of hydrogen-bond donors (Lipinski definition) is 1. The molecule has 21 heavy (non-hydrogen) atoms. The van der Waals surface area contributed by atoms with Crippen molar-refractivity contribution < 1.29 is 4.79 Å². The molecule has 0 saturated carbocycles. The van der Waals surface area contributed by atoms with Crippen molar-refractivity contribution in [1.29, 1.82) is 0 Å². The molecule has 2 heterocycles. The molecular formula is C15H13ClN4O. The number of anilines is 1. The lowest BCUT2D eigenvalue weighted by Gasteiger charge is -2.05. The quantitative estimate of drug-likeness (QED) is 0.790. The molecule has 6 heteroatoms. The zero-order valence-corrected chi connectivity index (χ0v) is 12.3. The van der Waals surface area contributed by atoms with Gasteiger partial charge in [0.2, 0.25) is 0 Å². The smallest absolute Gasteiger partial charge is 0.275 e. The third kappa shape index (κ3) is 2.73. The lowest BCUT2D eigenvalue weighted by Crippen LogP contribution is -2.15. The zero-order valence-electron chi connectivity index (χ0n) is 11.6. The summed E-state index contributed by atoms with van der Waals surface area (Å²) >= 11 is 5.95. The van der Waals surface area contributed by atoms with Crippen LogP contribution in [0.1, 0.15) is 16.2 Å². The van der Waals surface area contributed by atoms with Crippen LogP contribution < -0.4 is 5.32 Å². The van der Waals surface area contributed by atoms with Gasteiger partial charge in [-0.15, -0.1) is 0 Å². The molecule has 5 nitrogen and oxygen atoms in total. The average Bonchev–Trinajstić information content (AvgIpc) is 2.76. The standard InChI is InChI=1S/C15H13ClN4O/c1-9-7-14(20(2)19-9)18-15(21)12-6-4-10-3-5-11(16)8-13(10)17-12/h3-8H,1-2H3,(H,18,21). The summed E-state index contributed by atoms with van der Waals surface area (Å²) in [4.78, 5) is 16.6. The van der Waals surface area contributed by atoms with E-state index in [1.54, 1.807) is 36.0 Å². The molecule has 1 aromatic carbocycles. The van der Waals surface area contributed by atoms with Crippen LogP contribution in [0.2, 0.25) is 5.02 Å². The van der Waals surface area contributed by atoms with Crippen molar-refractivity contribution in [3.8, 4) is 0 Å². The van der Waals surface area contributed by atoms with Gasteiger partial charge in [-0.05, 0) is 25.1 Å². The van der Waals surface area contributed by atoms with E-state index in [2.05, 4.69) is 15.4 Å². The monoisotopic (exact) mass is 300 g/mol. The van der Waals surface area contributed by atoms with Crippen molar-refractivity contribution in [3.63, 3.8) is 0 Å². The Hall–Kier alpha value is -2.40. The fraction of sp³-hybridized carbons (Fsp3) is 0.133. The molecule has 0 bridgehead atoms. The van der Waals surface area contributed by atoms with Gasteiger partial charge in [-0.1, -0.05) is 23.7 Å². The number of hydrogen-bond acceptors (Lipinski definition) is 3. The van der Waals surface area contributed by atoms with Crippen LogP contribution in [0.15, 0.2) is 36.4 Å². The topological polar surface area (TPSA) is 59.8 Å². The number of pyridine rings is 1. The molecule has 1 amide bonds. The molecule has 0 radical (unpaired) electrons. The van der Waals surface area contributed by atoms with Gasteiger partial charge in [-0.3, -0.25) is 9.48 Å². The number of halogens is 1. The molecule has 0 aliphatic carbocycles. The fourth-order valence-electron chi connectivity index (χ4n) is 2.12. The van der Waals surface area contributed by atoms with E-state index in [-0.39, 0.29) is 5.91 Å². The minimum atomic E-state index is -0.278. The van der Waals surface area contributed by atoms with E-state index < -0.39 is 0 Å². The number of aromatic nitrogens is 3. The molecule has 0 aliphatic rings. The third-order valence-corrected chi connectivity index (χ3v) is 3.37. The molecule has 3 rings (SSSR count). The largest absolute Gasteiger partial charge is 0.305 e. The first-order valence-corrected chi connectivity index (χ1v) is 6.79. The second-order valence-corrected chi connectivity index (χ2v) is 5.22. The van der Waals surface area contributed by atoms with Crippen LogP contribution in [0.3, 0.4) is 0 Å². The maximum absolute atomic E-state index is 12.3. The van der Waals surface area contributed by atoms with E-state index >= 15 is 0 Å². The number of aryl methyl sites for hydroxylation is 2. The number of amides is 1. The molecule has 0 fully saturated rings. The van der Waals surface area contributed by atoms with Crippen molar-refractivity contribution in [2.45, 2.75) is 6.92 Å². The lowest BCUT2D eigenvalue weighted by molar-refractivity contribution is 0.102. The van der Waals surface area contributed by atoms with E-state index in [0.29, 0.717) is 22.1 Å². The first kappa shape index (κ1) is 13.6. The number of rotatable bonds is 2. The Morgan fingerprint density at radius 2 is 2.00 bits per heavy atom. The predicted molar refractivity (Wildman–Crippen MR) is 82.7 cm³/mol. The number of carbonyl (C=O) groups is 1. The Morgan fingerprint density at radius 1 is 1.24 bits per heavy atom. The number of carbonyl (C=O) groups excluding carboxylic acids is 1. The van der Waals surface area contributed by atoms with E-state index in [4.69, 9.17) is 11.6 Å². The van der Waals surface area contributed by atoms with Crippen LogP contribution in [0.4, 0.5) is 5.82 Å². The van der Waals surface area contributed by atoms with Gasteiger partial charge in [0.25, 0.3) is 5.91 Å². The van der Waals surface area contributed by atoms with Crippen molar-refractivity contribution in [3.05, 3.63) is 52.8 Å². The van der Waals surface area contributed by atoms with Gasteiger partial charge < -0.3 is 5.32 Å². The molecule has 0 aliphatic heterocycles. The summed E-state index contributed by atoms with van der Waals surface area (Å²) in [6.45, 7) is 1.87. The molecule has 0 atom stereocenters. The van der Waals surface area contributed by atoms with E-state index in [1.807, 2.05) is 19.1 Å². The lowest BCUT2D eigenvalue weighted by atomic mass is 10.2. The minimum absolute atomic E-state index is 0.278. The summed E-state index contributed by atoms with van der Waals surface area (Å²) < 4.78 is 1.62. The van der Waals surface area contributed by atoms with Gasteiger partial charge in [0.15, 0.2) is 0 Å².